The molecule has 0 aliphatic carbocycles. The van der Waals surface area contributed by atoms with Gasteiger partial charge in [-0.15, -0.1) is 0 Å². The van der Waals surface area contributed by atoms with Crippen LogP contribution in [0.3, 0.4) is 0 Å². The minimum Gasteiger partial charge on any atom is -0.466 e. The highest BCUT2D eigenvalue weighted by Crippen LogP contribution is 2.50. The zero-order chi connectivity index (χ0) is 18.2. The van der Waals surface area contributed by atoms with Crippen LogP contribution in [-0.4, -0.2) is 55.4 Å². The van der Waals surface area contributed by atoms with E-state index in [1.54, 1.807) is 0 Å². The molecule has 0 N–H and O–H groups in total. The van der Waals surface area contributed by atoms with Gasteiger partial charge in [-0.1, -0.05) is 0 Å². The fraction of sp³-hybridized carbons (Fsp3) is 0.700. The first-order valence-electron chi connectivity index (χ1n) is 5.56. The molecular formula is C10H8F6O7. The van der Waals surface area contributed by atoms with Crippen LogP contribution >= 0.6 is 0 Å². The molecule has 1 heterocycles. The minimum atomic E-state index is -6.20. The second-order valence-electron chi connectivity index (χ2n) is 4.12. The molecule has 1 aliphatic rings. The molecule has 0 bridgehead atoms. The van der Waals surface area contributed by atoms with Crippen molar-refractivity contribution in [1.29, 1.82) is 0 Å². The van der Waals surface area contributed by atoms with E-state index in [0.29, 0.717) is 14.0 Å². The molecule has 0 amide bonds. The maximum absolute atomic E-state index is 12.7. The maximum atomic E-state index is 12.7. The van der Waals surface area contributed by atoms with Crippen LogP contribution in [0.2, 0.25) is 0 Å². The number of hydrogen-bond donors (Lipinski definition) is 0. The molecular weight excluding hydrogens is 346 g/mol. The number of methoxy groups -OCH3 is 1. The third kappa shape index (κ3) is 3.33. The Hall–Kier alpha value is -2.05. The third-order valence-corrected chi connectivity index (χ3v) is 2.52. The zero-order valence-electron chi connectivity index (χ0n) is 11.3. The predicted molar refractivity (Wildman–Crippen MR) is 53.4 cm³/mol. The van der Waals surface area contributed by atoms with Crippen LogP contribution in [0.5, 0.6) is 0 Å². The van der Waals surface area contributed by atoms with Gasteiger partial charge in [0.25, 0.3) is 0 Å². The highest BCUT2D eigenvalue weighted by atomic mass is 19.4. The van der Waals surface area contributed by atoms with Gasteiger partial charge in [0.15, 0.2) is 0 Å². The highest BCUT2D eigenvalue weighted by molar-refractivity contribution is 5.88. The molecule has 1 saturated heterocycles. The minimum absolute atomic E-state index is 0.691. The van der Waals surface area contributed by atoms with Gasteiger partial charge in [0.1, 0.15) is 0 Å². The molecule has 2 atom stereocenters. The van der Waals surface area contributed by atoms with Gasteiger partial charge in [0.2, 0.25) is 12.2 Å². The number of alkyl halides is 6. The third-order valence-electron chi connectivity index (χ3n) is 2.52. The van der Waals surface area contributed by atoms with Crippen molar-refractivity contribution >= 4 is 17.9 Å². The molecule has 1 aliphatic heterocycles. The van der Waals surface area contributed by atoms with Crippen molar-refractivity contribution in [2.24, 2.45) is 0 Å². The Balaban J connectivity index is 3.28. The number of ether oxygens (including phenoxy) is 4. The quantitative estimate of drug-likeness (QED) is 0.422. The van der Waals surface area contributed by atoms with E-state index in [1.807, 2.05) is 0 Å². The van der Waals surface area contributed by atoms with Gasteiger partial charge in [-0.2, -0.15) is 26.3 Å². The van der Waals surface area contributed by atoms with Crippen molar-refractivity contribution in [3.8, 4) is 0 Å². The molecule has 0 radical (unpaired) electrons. The number of rotatable bonds is 3. The molecule has 0 aromatic heterocycles. The molecule has 0 aromatic rings. The fourth-order valence-corrected chi connectivity index (χ4v) is 1.57. The molecule has 132 valence electrons. The van der Waals surface area contributed by atoms with E-state index in [1.165, 1.54) is 0 Å². The topological polar surface area (TPSA) is 88.1 Å². The summed E-state index contributed by atoms with van der Waals surface area (Å²) < 4.78 is 91.6. The first-order valence-corrected chi connectivity index (χ1v) is 5.56. The van der Waals surface area contributed by atoms with Gasteiger partial charge in [0, 0.05) is 6.92 Å². The Morgan fingerprint density at radius 3 is 1.96 bits per heavy atom. The Bertz CT molecular complexity index is 497. The van der Waals surface area contributed by atoms with Crippen LogP contribution in [0.4, 0.5) is 26.3 Å². The molecule has 0 saturated carbocycles. The number of esters is 3. The standard InChI is InChI=1S/C10H8F6O7/c1-3(17)21-4(6(18)20-2)5-7(19)23-8(22-5,9(11,12)13)10(14,15)16/h4-5H,1-2H3/t4-,5-/m1/s1. The van der Waals surface area contributed by atoms with Crippen molar-refractivity contribution in [1.82, 2.24) is 0 Å². The van der Waals surface area contributed by atoms with Crippen LogP contribution in [0.1, 0.15) is 6.92 Å². The smallest absolute Gasteiger partial charge is 0.465 e. The monoisotopic (exact) mass is 354 g/mol. The predicted octanol–water partition coefficient (Wildman–Crippen LogP) is 0.854. The summed E-state index contributed by atoms with van der Waals surface area (Å²) in [6, 6.07) is 0. The lowest BCUT2D eigenvalue weighted by Crippen LogP contribution is -2.58. The average molecular weight is 354 g/mol. The van der Waals surface area contributed by atoms with E-state index in [4.69, 9.17) is 0 Å². The number of carbonyl (C=O) groups is 3. The van der Waals surface area contributed by atoms with Gasteiger partial charge in [-0.05, 0) is 0 Å². The van der Waals surface area contributed by atoms with Gasteiger partial charge < -0.3 is 18.9 Å². The van der Waals surface area contributed by atoms with Crippen molar-refractivity contribution in [3.05, 3.63) is 0 Å². The van der Waals surface area contributed by atoms with E-state index in [-0.39, 0.29) is 0 Å². The Labute approximate surface area is 123 Å². The number of hydrogen-bond acceptors (Lipinski definition) is 7. The van der Waals surface area contributed by atoms with Crippen molar-refractivity contribution in [3.63, 3.8) is 0 Å². The summed E-state index contributed by atoms with van der Waals surface area (Å²) >= 11 is 0. The fourth-order valence-electron chi connectivity index (χ4n) is 1.57. The SMILES string of the molecule is COC(=O)[C@H](OC(C)=O)[C@H]1OC(C(F)(F)F)(C(F)(F)F)OC1=O. The van der Waals surface area contributed by atoms with Crippen molar-refractivity contribution < 1.29 is 59.7 Å². The second-order valence-corrected chi connectivity index (χ2v) is 4.12. The zero-order valence-corrected chi connectivity index (χ0v) is 11.3. The normalized spacial score (nSPS) is 22.3. The summed E-state index contributed by atoms with van der Waals surface area (Å²) in [6.45, 7) is 0.691. The van der Waals surface area contributed by atoms with E-state index in [0.717, 1.165) is 0 Å². The van der Waals surface area contributed by atoms with Gasteiger partial charge >= 0.3 is 36.0 Å². The number of halogens is 6. The van der Waals surface area contributed by atoms with Crippen LogP contribution in [0.15, 0.2) is 0 Å². The first kappa shape index (κ1) is 19.0. The van der Waals surface area contributed by atoms with Crippen LogP contribution in [0.25, 0.3) is 0 Å². The van der Waals surface area contributed by atoms with Crippen LogP contribution in [-0.2, 0) is 33.3 Å². The summed E-state index contributed by atoms with van der Waals surface area (Å²) in [5, 5.41) is 0. The Morgan fingerprint density at radius 1 is 1.17 bits per heavy atom. The molecule has 0 spiro atoms. The molecule has 13 heteroatoms. The number of carbonyl (C=O) groups excluding carboxylic acids is 3. The largest absolute Gasteiger partial charge is 0.466 e. The Kier molecular flexibility index (Phi) is 4.84. The first-order chi connectivity index (χ1) is 10.3. The van der Waals surface area contributed by atoms with Gasteiger partial charge in [0.05, 0.1) is 7.11 Å². The molecule has 0 unspecified atom stereocenters. The van der Waals surface area contributed by atoms with E-state index < -0.39 is 48.3 Å². The lowest BCUT2D eigenvalue weighted by Gasteiger charge is -2.30. The average Bonchev–Trinajstić information content (AvgIpc) is 2.73. The molecule has 23 heavy (non-hydrogen) atoms. The summed E-state index contributed by atoms with van der Waals surface area (Å²) in [5.41, 5.74) is 0. The van der Waals surface area contributed by atoms with Crippen molar-refractivity contribution in [2.45, 2.75) is 37.3 Å². The maximum Gasteiger partial charge on any atom is 0.465 e. The van der Waals surface area contributed by atoms with E-state index in [9.17, 15) is 40.7 Å². The van der Waals surface area contributed by atoms with Gasteiger partial charge in [-0.3, -0.25) is 4.79 Å². The van der Waals surface area contributed by atoms with Crippen molar-refractivity contribution in [2.75, 3.05) is 7.11 Å². The molecule has 1 fully saturated rings. The molecule has 0 aromatic carbocycles. The lowest BCUT2D eigenvalue weighted by molar-refractivity contribution is -0.440. The lowest BCUT2D eigenvalue weighted by atomic mass is 10.2. The summed E-state index contributed by atoms with van der Waals surface area (Å²) in [6.07, 6.45) is -17.7. The summed E-state index contributed by atoms with van der Waals surface area (Å²) in [5.74, 6) is -10.4. The molecule has 1 rings (SSSR count). The number of cyclic esters (lactones) is 1. The summed E-state index contributed by atoms with van der Waals surface area (Å²) in [4.78, 5) is 33.5. The Morgan fingerprint density at radius 2 is 1.65 bits per heavy atom. The van der Waals surface area contributed by atoms with E-state index in [2.05, 4.69) is 18.9 Å². The molecule has 7 nitrogen and oxygen atoms in total. The van der Waals surface area contributed by atoms with Gasteiger partial charge in [-0.25, -0.2) is 9.59 Å². The summed E-state index contributed by atoms with van der Waals surface area (Å²) in [7, 11) is 0.694. The van der Waals surface area contributed by atoms with E-state index >= 15 is 0 Å². The van der Waals surface area contributed by atoms with Crippen LogP contribution in [0, 0.1) is 0 Å². The second kappa shape index (κ2) is 5.86. The van der Waals surface area contributed by atoms with Crippen LogP contribution < -0.4 is 0 Å². The highest BCUT2D eigenvalue weighted by Gasteiger charge is 2.81.